The molecule has 0 radical (unpaired) electrons. The molecule has 0 bridgehead atoms. The molecule has 1 atom stereocenters. The molecule has 0 heterocycles. The van der Waals surface area contributed by atoms with E-state index in [2.05, 4.69) is 26.8 Å². The Hall–Kier alpha value is -0.473. The fraction of sp³-hybridized carbons (Fsp3) is 0.737. The molecule has 1 unspecified atom stereocenters. The zero-order valence-electron chi connectivity index (χ0n) is 19.2. The van der Waals surface area contributed by atoms with Gasteiger partial charge in [-0.15, -0.1) is 0 Å². The number of carbonyl (C=O) groups excluding carboxylic acids is 1. The Morgan fingerprint density at radius 3 is 2.22 bits per heavy atom. The molecule has 0 aliphatic carbocycles. The molecule has 0 rings (SSSR count). The van der Waals surface area contributed by atoms with E-state index in [9.17, 15) is 4.79 Å². The summed E-state index contributed by atoms with van der Waals surface area (Å²) in [6.45, 7) is 12.1. The zero-order chi connectivity index (χ0) is 20.8. The molecular formula is C19H37NaO6Si. The minimum absolute atomic E-state index is 0. The van der Waals surface area contributed by atoms with Gasteiger partial charge in [0, 0.05) is 13.2 Å². The molecule has 8 heteroatoms. The van der Waals surface area contributed by atoms with Crippen molar-refractivity contribution in [1.82, 2.24) is 0 Å². The molecule has 0 amide bonds. The number of hydrogen-bond acceptors (Lipinski definition) is 4. The number of methoxy groups -OCH3 is 1. The standard InChI is InChI=1S/C19H34O3.Na.H2O3Si.H/c1-15(2)22-18(20)14-17(4)11-8-10-16(3)12-9-13-19(5,6)21-7;;1-4(2)3;/h8,11,14-16H,9-10,12-13H2,1-7H3;;1-2H;/q;+1;;-1/b11-8+,17-14+;;;. The Kier molecular flexibility index (Phi) is 20.4. The summed E-state index contributed by atoms with van der Waals surface area (Å²) >= 11 is 0. The van der Waals surface area contributed by atoms with Crippen LogP contribution in [0.25, 0.3) is 0 Å². The van der Waals surface area contributed by atoms with Crippen LogP contribution in [0.3, 0.4) is 0 Å². The van der Waals surface area contributed by atoms with Crippen molar-refractivity contribution in [2.45, 2.75) is 78.9 Å². The average molecular weight is 413 g/mol. The molecule has 0 aromatic carbocycles. The second-order valence-corrected chi connectivity index (χ2v) is 7.82. The molecule has 0 aromatic rings. The summed E-state index contributed by atoms with van der Waals surface area (Å²) in [5.41, 5.74) is 0.907. The quantitative estimate of drug-likeness (QED) is 0.236. The van der Waals surface area contributed by atoms with Gasteiger partial charge in [0.1, 0.15) is 0 Å². The first kappa shape index (κ1) is 31.2. The van der Waals surface area contributed by atoms with E-state index in [4.69, 9.17) is 23.5 Å². The summed E-state index contributed by atoms with van der Waals surface area (Å²) in [5.74, 6) is 0.367. The molecule has 2 N–H and O–H groups in total. The van der Waals surface area contributed by atoms with Crippen LogP contribution in [-0.2, 0) is 18.7 Å². The van der Waals surface area contributed by atoms with E-state index in [0.717, 1.165) is 18.4 Å². The van der Waals surface area contributed by atoms with Crippen molar-refractivity contribution in [2.75, 3.05) is 7.11 Å². The van der Waals surface area contributed by atoms with Gasteiger partial charge >= 0.3 is 44.7 Å². The van der Waals surface area contributed by atoms with Gasteiger partial charge in [-0.05, 0) is 59.0 Å². The summed E-state index contributed by atoms with van der Waals surface area (Å²) in [5, 5.41) is 0. The second kappa shape index (κ2) is 17.6. The molecule has 0 saturated heterocycles. The van der Waals surface area contributed by atoms with Crippen LogP contribution in [0.2, 0.25) is 0 Å². The number of esters is 1. The molecule has 0 spiro atoms. The van der Waals surface area contributed by atoms with Crippen LogP contribution in [0.1, 0.15) is 68.7 Å². The predicted molar refractivity (Wildman–Crippen MR) is 105 cm³/mol. The maximum atomic E-state index is 11.5. The Morgan fingerprint density at radius 2 is 1.78 bits per heavy atom. The maximum absolute atomic E-state index is 11.5. The van der Waals surface area contributed by atoms with Crippen molar-refractivity contribution < 1.29 is 59.3 Å². The minimum atomic E-state index is -3.13. The van der Waals surface area contributed by atoms with Gasteiger partial charge < -0.3 is 20.5 Å². The first-order valence-corrected chi connectivity index (χ1v) is 10.2. The molecule has 0 aromatic heterocycles. The summed E-state index contributed by atoms with van der Waals surface area (Å²) in [6.07, 6.45) is 10.1. The first-order chi connectivity index (χ1) is 11.9. The molecule has 6 nitrogen and oxygen atoms in total. The molecular weight excluding hydrogens is 375 g/mol. The van der Waals surface area contributed by atoms with E-state index in [1.54, 1.807) is 13.2 Å². The number of rotatable bonds is 10. The fourth-order valence-corrected chi connectivity index (χ4v) is 2.08. The van der Waals surface area contributed by atoms with Crippen LogP contribution in [0.15, 0.2) is 23.8 Å². The third kappa shape index (κ3) is 25.5. The van der Waals surface area contributed by atoms with E-state index in [1.165, 1.54) is 12.8 Å². The van der Waals surface area contributed by atoms with E-state index < -0.39 is 9.17 Å². The smallest absolute Gasteiger partial charge is 1.00 e. The Morgan fingerprint density at radius 1 is 1.26 bits per heavy atom. The average Bonchev–Trinajstić information content (AvgIpc) is 2.45. The molecule has 154 valence electrons. The predicted octanol–water partition coefficient (Wildman–Crippen LogP) is 0.565. The molecule has 27 heavy (non-hydrogen) atoms. The minimum Gasteiger partial charge on any atom is -1.00 e. The van der Waals surface area contributed by atoms with Crippen LogP contribution >= 0.6 is 0 Å². The van der Waals surface area contributed by atoms with Gasteiger partial charge in [0.05, 0.1) is 11.7 Å². The number of allylic oxidation sites excluding steroid dienone is 3. The van der Waals surface area contributed by atoms with Gasteiger partial charge in [-0.25, -0.2) is 4.79 Å². The molecule has 0 aliphatic rings. The van der Waals surface area contributed by atoms with Gasteiger partial charge in [0.25, 0.3) is 0 Å². The Balaban J connectivity index is -0.000000435. The zero-order valence-corrected chi connectivity index (χ0v) is 21.2. The van der Waals surface area contributed by atoms with Gasteiger partial charge in [0.15, 0.2) is 0 Å². The van der Waals surface area contributed by atoms with Crippen LogP contribution in [0.4, 0.5) is 0 Å². The van der Waals surface area contributed by atoms with Gasteiger partial charge in [-0.2, -0.15) is 0 Å². The summed E-state index contributed by atoms with van der Waals surface area (Å²) in [4.78, 5) is 25.8. The number of ether oxygens (including phenoxy) is 2. The van der Waals surface area contributed by atoms with Crippen molar-refractivity contribution in [3.05, 3.63) is 23.8 Å². The van der Waals surface area contributed by atoms with Crippen LogP contribution in [0, 0.1) is 5.92 Å². The van der Waals surface area contributed by atoms with Crippen molar-refractivity contribution >= 4 is 15.1 Å². The molecule has 0 aliphatic heterocycles. The van der Waals surface area contributed by atoms with Crippen molar-refractivity contribution in [1.29, 1.82) is 0 Å². The van der Waals surface area contributed by atoms with Gasteiger partial charge in [0.2, 0.25) is 0 Å². The number of carbonyl (C=O) groups is 1. The largest absolute Gasteiger partial charge is 1.00 e. The third-order valence-corrected chi connectivity index (χ3v) is 3.64. The fourth-order valence-electron chi connectivity index (χ4n) is 2.08. The monoisotopic (exact) mass is 412 g/mol. The topological polar surface area (TPSA) is 93.1 Å². The van der Waals surface area contributed by atoms with E-state index in [0.29, 0.717) is 5.92 Å². The summed E-state index contributed by atoms with van der Waals surface area (Å²) in [6, 6.07) is 0. The van der Waals surface area contributed by atoms with Crippen LogP contribution in [0.5, 0.6) is 0 Å². The SMILES string of the molecule is COC(C)(C)CCCC(C)C/C=C/C(C)=C/C(=O)OC(C)C.O=[Si](O)O.[H-].[Na+]. The van der Waals surface area contributed by atoms with Gasteiger partial charge in [-0.3, -0.25) is 4.46 Å². The first-order valence-electron chi connectivity index (χ1n) is 8.92. The Labute approximate surface area is 189 Å². The summed E-state index contributed by atoms with van der Waals surface area (Å²) in [7, 11) is -1.36. The van der Waals surface area contributed by atoms with Crippen molar-refractivity contribution in [2.24, 2.45) is 5.92 Å². The van der Waals surface area contributed by atoms with E-state index in [-0.39, 0.29) is 48.7 Å². The number of hydrogen-bond donors (Lipinski definition) is 2. The van der Waals surface area contributed by atoms with Crippen molar-refractivity contribution in [3.8, 4) is 0 Å². The van der Waals surface area contributed by atoms with E-state index >= 15 is 0 Å². The molecule has 0 saturated carbocycles. The van der Waals surface area contributed by atoms with Crippen LogP contribution in [-0.4, -0.2) is 43.5 Å². The normalized spacial score (nSPS) is 12.8. The summed E-state index contributed by atoms with van der Waals surface area (Å²) < 4.78 is 19.3. The molecule has 0 fully saturated rings. The maximum Gasteiger partial charge on any atom is 1.00 e. The second-order valence-electron chi connectivity index (χ2n) is 7.26. The Bertz CT molecular complexity index is 477. The van der Waals surface area contributed by atoms with E-state index in [1.807, 2.05) is 26.8 Å². The third-order valence-electron chi connectivity index (χ3n) is 3.64. The van der Waals surface area contributed by atoms with Crippen molar-refractivity contribution in [3.63, 3.8) is 0 Å². The van der Waals surface area contributed by atoms with Gasteiger partial charge in [-0.1, -0.05) is 31.9 Å². The van der Waals surface area contributed by atoms with Crippen LogP contribution < -0.4 is 29.6 Å².